The van der Waals surface area contributed by atoms with Crippen molar-refractivity contribution in [1.29, 1.82) is 0 Å². The lowest BCUT2D eigenvalue weighted by molar-refractivity contribution is 0.256. The van der Waals surface area contributed by atoms with Crippen LogP contribution in [0.2, 0.25) is 0 Å². The van der Waals surface area contributed by atoms with Gasteiger partial charge in [0, 0.05) is 6.04 Å². The summed E-state index contributed by atoms with van der Waals surface area (Å²) in [5, 5.41) is 0. The SMILES string of the molecule is CC(CC(CCC1CCCCC1)NN)CC(C)(C)C. The molecule has 1 aliphatic carbocycles. The fraction of sp³-hybridized carbons (Fsp3) is 1.00. The first-order chi connectivity index (χ1) is 8.90. The molecule has 0 aliphatic heterocycles. The Morgan fingerprint density at radius 3 is 2.32 bits per heavy atom. The lowest BCUT2D eigenvalue weighted by Gasteiger charge is -2.28. The molecule has 0 aromatic carbocycles. The largest absolute Gasteiger partial charge is 0.271 e. The van der Waals surface area contributed by atoms with Gasteiger partial charge in [-0.1, -0.05) is 59.8 Å². The monoisotopic (exact) mass is 268 g/mol. The average molecular weight is 268 g/mol. The van der Waals surface area contributed by atoms with Gasteiger partial charge in [-0.3, -0.25) is 11.3 Å². The van der Waals surface area contributed by atoms with Gasteiger partial charge < -0.3 is 0 Å². The van der Waals surface area contributed by atoms with Crippen molar-refractivity contribution in [1.82, 2.24) is 5.43 Å². The van der Waals surface area contributed by atoms with Crippen molar-refractivity contribution in [3.8, 4) is 0 Å². The Labute approximate surface area is 120 Å². The fourth-order valence-electron chi connectivity index (χ4n) is 3.80. The maximum Gasteiger partial charge on any atom is 0.0213 e. The van der Waals surface area contributed by atoms with E-state index >= 15 is 0 Å². The van der Waals surface area contributed by atoms with Gasteiger partial charge in [0.25, 0.3) is 0 Å². The third kappa shape index (κ3) is 7.94. The van der Waals surface area contributed by atoms with Crippen LogP contribution < -0.4 is 11.3 Å². The molecule has 19 heavy (non-hydrogen) atoms. The third-order valence-electron chi connectivity index (χ3n) is 4.53. The molecule has 2 atom stereocenters. The molecule has 0 heterocycles. The topological polar surface area (TPSA) is 38.0 Å². The summed E-state index contributed by atoms with van der Waals surface area (Å²) in [5.74, 6) is 7.48. The van der Waals surface area contributed by atoms with Gasteiger partial charge in [-0.05, 0) is 42.9 Å². The van der Waals surface area contributed by atoms with Gasteiger partial charge in [0.15, 0.2) is 0 Å². The normalized spacial score (nSPS) is 21.3. The van der Waals surface area contributed by atoms with Crippen LogP contribution in [0.1, 0.15) is 85.5 Å². The second-order valence-corrected chi connectivity index (χ2v) is 8.05. The van der Waals surface area contributed by atoms with Crippen LogP contribution in [0.25, 0.3) is 0 Å². The van der Waals surface area contributed by atoms with Crippen molar-refractivity contribution in [2.24, 2.45) is 23.1 Å². The van der Waals surface area contributed by atoms with Crippen LogP contribution in [0.15, 0.2) is 0 Å². The first-order valence-electron chi connectivity index (χ1n) is 8.37. The van der Waals surface area contributed by atoms with E-state index in [0.29, 0.717) is 11.5 Å². The zero-order valence-corrected chi connectivity index (χ0v) is 13.7. The summed E-state index contributed by atoms with van der Waals surface area (Å²) in [6.45, 7) is 9.36. The molecule has 2 unspecified atom stereocenters. The minimum absolute atomic E-state index is 0.432. The van der Waals surface area contributed by atoms with Gasteiger partial charge >= 0.3 is 0 Å². The van der Waals surface area contributed by atoms with Crippen molar-refractivity contribution in [3.63, 3.8) is 0 Å². The van der Waals surface area contributed by atoms with Crippen molar-refractivity contribution in [2.45, 2.75) is 91.5 Å². The van der Waals surface area contributed by atoms with Crippen LogP contribution in [0, 0.1) is 17.3 Å². The Morgan fingerprint density at radius 2 is 1.79 bits per heavy atom. The Hall–Kier alpha value is -0.0800. The van der Waals surface area contributed by atoms with Gasteiger partial charge in [0.1, 0.15) is 0 Å². The molecular weight excluding hydrogens is 232 g/mol. The number of nitrogens with two attached hydrogens (primary N) is 1. The molecule has 1 fully saturated rings. The fourth-order valence-corrected chi connectivity index (χ4v) is 3.80. The molecular formula is C17H36N2. The molecule has 0 bridgehead atoms. The molecule has 1 saturated carbocycles. The summed E-state index contributed by atoms with van der Waals surface area (Å²) in [7, 11) is 0. The van der Waals surface area contributed by atoms with Crippen LogP contribution in [0.5, 0.6) is 0 Å². The quantitative estimate of drug-likeness (QED) is 0.521. The smallest absolute Gasteiger partial charge is 0.0213 e. The second-order valence-electron chi connectivity index (χ2n) is 8.05. The lowest BCUT2D eigenvalue weighted by atomic mass is 9.81. The molecule has 3 N–H and O–H groups in total. The highest BCUT2D eigenvalue weighted by atomic mass is 15.2. The van der Waals surface area contributed by atoms with Gasteiger partial charge in [0.2, 0.25) is 0 Å². The highest BCUT2D eigenvalue weighted by molar-refractivity contribution is 4.75. The van der Waals surface area contributed by atoms with E-state index in [4.69, 9.17) is 5.84 Å². The van der Waals surface area contributed by atoms with Crippen LogP contribution in [0.4, 0.5) is 0 Å². The van der Waals surface area contributed by atoms with Crippen molar-refractivity contribution < 1.29 is 0 Å². The standard InChI is InChI=1S/C17H36N2/c1-14(13-17(2,3)4)12-16(19-18)11-10-15-8-6-5-7-9-15/h14-16,19H,5-13,18H2,1-4H3. The van der Waals surface area contributed by atoms with E-state index < -0.39 is 0 Å². The zero-order chi connectivity index (χ0) is 14.3. The van der Waals surface area contributed by atoms with Crippen molar-refractivity contribution in [3.05, 3.63) is 0 Å². The summed E-state index contributed by atoms with van der Waals surface area (Å²) in [4.78, 5) is 0. The molecule has 0 amide bonds. The van der Waals surface area contributed by atoms with Gasteiger partial charge in [-0.15, -0.1) is 0 Å². The zero-order valence-electron chi connectivity index (χ0n) is 13.7. The molecule has 0 spiro atoms. The lowest BCUT2D eigenvalue weighted by Crippen LogP contribution is -2.37. The number of rotatable bonds is 7. The van der Waals surface area contributed by atoms with E-state index in [1.54, 1.807) is 0 Å². The number of hydrogen-bond donors (Lipinski definition) is 2. The summed E-state index contributed by atoms with van der Waals surface area (Å²) in [5.41, 5.74) is 3.49. The molecule has 0 radical (unpaired) electrons. The van der Waals surface area contributed by atoms with E-state index in [1.807, 2.05) is 0 Å². The maximum absolute atomic E-state index is 5.75. The first kappa shape index (κ1) is 17.0. The Balaban J connectivity index is 2.24. The predicted molar refractivity (Wildman–Crippen MR) is 84.8 cm³/mol. The van der Waals surface area contributed by atoms with Crippen LogP contribution in [0.3, 0.4) is 0 Å². The van der Waals surface area contributed by atoms with E-state index in [1.165, 1.54) is 57.8 Å². The molecule has 2 heteroatoms. The molecule has 1 rings (SSSR count). The van der Waals surface area contributed by atoms with Crippen LogP contribution in [-0.2, 0) is 0 Å². The average Bonchev–Trinajstić information content (AvgIpc) is 2.33. The van der Waals surface area contributed by atoms with E-state index in [9.17, 15) is 0 Å². The number of nitrogens with one attached hydrogen (secondary N) is 1. The van der Waals surface area contributed by atoms with Crippen molar-refractivity contribution in [2.75, 3.05) is 0 Å². The molecule has 0 aromatic heterocycles. The van der Waals surface area contributed by atoms with Gasteiger partial charge in [0.05, 0.1) is 0 Å². The van der Waals surface area contributed by atoms with E-state index in [-0.39, 0.29) is 0 Å². The second kappa shape index (κ2) is 8.26. The third-order valence-corrected chi connectivity index (χ3v) is 4.53. The minimum Gasteiger partial charge on any atom is -0.271 e. The predicted octanol–water partition coefficient (Wildman–Crippen LogP) is 4.64. The van der Waals surface area contributed by atoms with Crippen molar-refractivity contribution >= 4 is 0 Å². The molecule has 114 valence electrons. The van der Waals surface area contributed by atoms with Gasteiger partial charge in [-0.2, -0.15) is 0 Å². The first-order valence-corrected chi connectivity index (χ1v) is 8.37. The molecule has 1 aliphatic rings. The van der Waals surface area contributed by atoms with E-state index in [0.717, 1.165) is 11.8 Å². The Bertz CT molecular complexity index is 226. The Kier molecular flexibility index (Phi) is 7.38. The molecule has 0 saturated heterocycles. The Morgan fingerprint density at radius 1 is 1.16 bits per heavy atom. The highest BCUT2D eigenvalue weighted by Gasteiger charge is 2.20. The van der Waals surface area contributed by atoms with Crippen LogP contribution >= 0.6 is 0 Å². The number of hydrogen-bond acceptors (Lipinski definition) is 2. The number of hydrazine groups is 1. The maximum atomic E-state index is 5.75. The molecule has 0 aromatic rings. The summed E-state index contributed by atoms with van der Waals surface area (Å²) >= 11 is 0. The van der Waals surface area contributed by atoms with Gasteiger partial charge in [-0.25, -0.2) is 0 Å². The summed E-state index contributed by atoms with van der Waals surface area (Å²) in [6, 6.07) is 0.513. The minimum atomic E-state index is 0.432. The summed E-state index contributed by atoms with van der Waals surface area (Å²) in [6.07, 6.45) is 12.4. The van der Waals surface area contributed by atoms with E-state index in [2.05, 4.69) is 33.1 Å². The summed E-state index contributed by atoms with van der Waals surface area (Å²) < 4.78 is 0. The highest BCUT2D eigenvalue weighted by Crippen LogP contribution is 2.30. The molecule has 2 nitrogen and oxygen atoms in total. The van der Waals surface area contributed by atoms with Crippen LogP contribution in [-0.4, -0.2) is 6.04 Å².